The summed E-state index contributed by atoms with van der Waals surface area (Å²) in [5.74, 6) is -1.29. The van der Waals surface area contributed by atoms with Gasteiger partial charge < -0.3 is 20.8 Å². The highest BCUT2D eigenvalue weighted by Crippen LogP contribution is 2.15. The molecule has 2 rings (SSSR count). The van der Waals surface area contributed by atoms with Gasteiger partial charge in [0.05, 0.1) is 12.1 Å². The topological polar surface area (TPSA) is 112 Å². The average molecular weight is 289 g/mol. The Morgan fingerprint density at radius 3 is 2.71 bits per heavy atom. The lowest BCUT2D eigenvalue weighted by Gasteiger charge is -2.13. The highest BCUT2D eigenvalue weighted by Gasteiger charge is 2.18. The second kappa shape index (κ2) is 6.67. The number of fused-ring (bicyclic) bond motifs is 1. The highest BCUT2D eigenvalue weighted by atomic mass is 16.4. The zero-order chi connectivity index (χ0) is 15.2. The van der Waals surface area contributed by atoms with Crippen molar-refractivity contribution in [1.29, 1.82) is 0 Å². The number of carboxylic acid groups (broad SMARTS) is 1. The number of carbonyl (C=O) groups excluding carboxylic acids is 1. The number of aliphatic hydroxyl groups is 1. The van der Waals surface area contributed by atoms with Gasteiger partial charge in [-0.2, -0.15) is 0 Å². The van der Waals surface area contributed by atoms with Crippen molar-refractivity contribution in [2.45, 2.75) is 12.6 Å². The Bertz CT molecular complexity index is 654. The number of amides is 2. The minimum atomic E-state index is -1.32. The van der Waals surface area contributed by atoms with Gasteiger partial charge in [-0.3, -0.25) is 4.98 Å². The van der Waals surface area contributed by atoms with Gasteiger partial charge in [0.1, 0.15) is 0 Å². The number of rotatable bonds is 5. The van der Waals surface area contributed by atoms with Crippen LogP contribution in [0.1, 0.15) is 5.56 Å². The Balaban J connectivity index is 2.02. The van der Waals surface area contributed by atoms with Gasteiger partial charge in [-0.15, -0.1) is 0 Å². The number of para-hydroxylation sites is 1. The molecule has 0 aliphatic heterocycles. The van der Waals surface area contributed by atoms with Gasteiger partial charge in [0.2, 0.25) is 0 Å². The SMILES string of the molecule is O=C(NCc1cccc2cccnc12)NC(CO)C(=O)O. The lowest BCUT2D eigenvalue weighted by Crippen LogP contribution is -2.47. The summed E-state index contributed by atoms with van der Waals surface area (Å²) in [7, 11) is 0. The van der Waals surface area contributed by atoms with Gasteiger partial charge in [-0.25, -0.2) is 9.59 Å². The zero-order valence-corrected chi connectivity index (χ0v) is 11.1. The van der Waals surface area contributed by atoms with Crippen LogP contribution in [-0.2, 0) is 11.3 Å². The first-order valence-electron chi connectivity index (χ1n) is 6.32. The number of benzene rings is 1. The van der Waals surface area contributed by atoms with E-state index >= 15 is 0 Å². The molecule has 2 aromatic rings. The predicted octanol–water partition coefficient (Wildman–Crippen LogP) is 0.480. The van der Waals surface area contributed by atoms with Crippen LogP contribution in [0.25, 0.3) is 10.9 Å². The van der Waals surface area contributed by atoms with Crippen molar-refractivity contribution in [2.75, 3.05) is 6.61 Å². The quantitative estimate of drug-likeness (QED) is 0.639. The second-order valence-electron chi connectivity index (χ2n) is 4.39. The Morgan fingerprint density at radius 2 is 2.00 bits per heavy atom. The van der Waals surface area contributed by atoms with E-state index in [1.807, 2.05) is 30.3 Å². The molecule has 1 aromatic carbocycles. The van der Waals surface area contributed by atoms with E-state index < -0.39 is 24.6 Å². The molecule has 0 aliphatic carbocycles. The molecule has 2 amide bonds. The fourth-order valence-electron chi connectivity index (χ4n) is 1.88. The summed E-state index contributed by atoms with van der Waals surface area (Å²) in [6, 6.07) is 7.35. The van der Waals surface area contributed by atoms with E-state index in [4.69, 9.17) is 10.2 Å². The lowest BCUT2D eigenvalue weighted by atomic mass is 10.1. The number of hydrogen-bond donors (Lipinski definition) is 4. The first-order chi connectivity index (χ1) is 10.1. The maximum atomic E-state index is 11.6. The van der Waals surface area contributed by atoms with Crippen LogP contribution in [-0.4, -0.2) is 39.8 Å². The Labute approximate surface area is 120 Å². The number of aromatic nitrogens is 1. The molecule has 0 fully saturated rings. The molecule has 7 nitrogen and oxygen atoms in total. The molecule has 0 saturated carbocycles. The van der Waals surface area contributed by atoms with Crippen LogP contribution in [0.15, 0.2) is 36.5 Å². The molecule has 4 N–H and O–H groups in total. The maximum Gasteiger partial charge on any atom is 0.328 e. The molecule has 1 aromatic heterocycles. The van der Waals surface area contributed by atoms with Crippen molar-refractivity contribution >= 4 is 22.9 Å². The number of aliphatic carboxylic acids is 1. The van der Waals surface area contributed by atoms with Crippen molar-refractivity contribution < 1.29 is 19.8 Å². The number of nitrogens with one attached hydrogen (secondary N) is 2. The normalized spacial score (nSPS) is 11.9. The van der Waals surface area contributed by atoms with Crippen molar-refractivity contribution in [2.24, 2.45) is 0 Å². The number of hydrogen-bond acceptors (Lipinski definition) is 4. The standard InChI is InChI=1S/C14H15N3O4/c18-8-11(13(19)20)17-14(21)16-7-10-4-1-3-9-5-2-6-15-12(9)10/h1-6,11,18H,7-8H2,(H,19,20)(H2,16,17,21). The van der Waals surface area contributed by atoms with Gasteiger partial charge >= 0.3 is 12.0 Å². The summed E-state index contributed by atoms with van der Waals surface area (Å²) < 4.78 is 0. The molecule has 0 spiro atoms. The van der Waals surface area contributed by atoms with Crippen LogP contribution in [0, 0.1) is 0 Å². The van der Waals surface area contributed by atoms with E-state index in [1.165, 1.54) is 0 Å². The zero-order valence-electron chi connectivity index (χ0n) is 11.1. The number of carbonyl (C=O) groups is 2. The minimum absolute atomic E-state index is 0.206. The van der Waals surface area contributed by atoms with Crippen LogP contribution < -0.4 is 10.6 Å². The number of nitrogens with zero attached hydrogens (tertiary/aromatic N) is 1. The molecule has 1 unspecified atom stereocenters. The van der Waals surface area contributed by atoms with Gasteiger partial charge in [-0.1, -0.05) is 24.3 Å². The van der Waals surface area contributed by atoms with Crippen LogP contribution >= 0.6 is 0 Å². The van der Waals surface area contributed by atoms with Crippen molar-refractivity contribution in [3.8, 4) is 0 Å². The van der Waals surface area contributed by atoms with Crippen LogP contribution in [0.4, 0.5) is 4.79 Å². The fourth-order valence-corrected chi connectivity index (χ4v) is 1.88. The molecule has 0 saturated heterocycles. The largest absolute Gasteiger partial charge is 0.480 e. The second-order valence-corrected chi connectivity index (χ2v) is 4.39. The van der Waals surface area contributed by atoms with E-state index in [0.717, 1.165) is 16.5 Å². The molecule has 0 aliphatic rings. The van der Waals surface area contributed by atoms with Gasteiger partial charge in [-0.05, 0) is 11.6 Å². The molecule has 7 heteroatoms. The van der Waals surface area contributed by atoms with E-state index in [2.05, 4.69) is 15.6 Å². The third-order valence-corrected chi connectivity index (χ3v) is 2.94. The molecular formula is C14H15N3O4. The van der Waals surface area contributed by atoms with Gasteiger partial charge in [0.25, 0.3) is 0 Å². The predicted molar refractivity (Wildman–Crippen MR) is 75.6 cm³/mol. The van der Waals surface area contributed by atoms with Crippen molar-refractivity contribution in [1.82, 2.24) is 15.6 Å². The monoisotopic (exact) mass is 289 g/mol. The smallest absolute Gasteiger partial charge is 0.328 e. The number of urea groups is 1. The summed E-state index contributed by atoms with van der Waals surface area (Å²) in [5, 5.41) is 23.2. The summed E-state index contributed by atoms with van der Waals surface area (Å²) >= 11 is 0. The van der Waals surface area contributed by atoms with E-state index in [9.17, 15) is 9.59 Å². The lowest BCUT2D eigenvalue weighted by molar-refractivity contribution is -0.140. The minimum Gasteiger partial charge on any atom is -0.480 e. The van der Waals surface area contributed by atoms with Crippen LogP contribution in [0.2, 0.25) is 0 Å². The van der Waals surface area contributed by atoms with Crippen molar-refractivity contribution in [3.05, 3.63) is 42.1 Å². The Morgan fingerprint density at radius 1 is 1.24 bits per heavy atom. The average Bonchev–Trinajstić information content (AvgIpc) is 2.50. The third-order valence-electron chi connectivity index (χ3n) is 2.94. The number of carboxylic acids is 1. The Kier molecular flexibility index (Phi) is 4.68. The third kappa shape index (κ3) is 3.67. The summed E-state index contributed by atoms with van der Waals surface area (Å²) in [5.41, 5.74) is 1.59. The number of pyridine rings is 1. The maximum absolute atomic E-state index is 11.6. The summed E-state index contributed by atoms with van der Waals surface area (Å²) in [6.07, 6.45) is 1.66. The molecule has 1 atom stereocenters. The van der Waals surface area contributed by atoms with Crippen molar-refractivity contribution in [3.63, 3.8) is 0 Å². The van der Waals surface area contributed by atoms with E-state index in [-0.39, 0.29) is 6.54 Å². The van der Waals surface area contributed by atoms with Crippen LogP contribution in [0.5, 0.6) is 0 Å². The molecule has 0 radical (unpaired) electrons. The summed E-state index contributed by atoms with van der Waals surface area (Å²) in [4.78, 5) is 26.6. The van der Waals surface area contributed by atoms with E-state index in [1.54, 1.807) is 6.20 Å². The van der Waals surface area contributed by atoms with Crippen LogP contribution in [0.3, 0.4) is 0 Å². The van der Waals surface area contributed by atoms with Gasteiger partial charge in [0, 0.05) is 18.1 Å². The number of aliphatic hydroxyl groups excluding tert-OH is 1. The summed E-state index contributed by atoms with van der Waals surface area (Å²) in [6.45, 7) is -0.462. The molecular weight excluding hydrogens is 274 g/mol. The van der Waals surface area contributed by atoms with E-state index in [0.29, 0.717) is 0 Å². The first-order valence-corrected chi connectivity index (χ1v) is 6.32. The molecule has 1 heterocycles. The molecule has 110 valence electrons. The first kappa shape index (κ1) is 14.7. The van der Waals surface area contributed by atoms with Gasteiger partial charge in [0.15, 0.2) is 6.04 Å². The fraction of sp³-hybridized carbons (Fsp3) is 0.214. The Hall–Kier alpha value is -2.67. The molecule has 0 bridgehead atoms. The molecule has 21 heavy (non-hydrogen) atoms. The highest BCUT2D eigenvalue weighted by molar-refractivity contribution is 5.84.